The number of alkyl halides is 3. The number of fused-ring (bicyclic) bond motifs is 6. The molecule has 0 radical (unpaired) electrons. The lowest BCUT2D eigenvalue weighted by atomic mass is 9.84. The quantitative estimate of drug-likeness (QED) is 0.163. The summed E-state index contributed by atoms with van der Waals surface area (Å²) in [6, 6.07) is 5.36. The van der Waals surface area contributed by atoms with Gasteiger partial charge in [-0.05, 0) is 86.9 Å². The minimum absolute atomic E-state index is 0.0140. The number of likely N-dealkylation sites (N-methyl/N-ethyl adjacent to an activating group) is 2. The van der Waals surface area contributed by atoms with Gasteiger partial charge in [0.2, 0.25) is 11.8 Å². The van der Waals surface area contributed by atoms with Crippen LogP contribution in [0.2, 0.25) is 0 Å². The Balaban J connectivity index is 1.22. The number of esters is 1. The maximum atomic E-state index is 14.8. The Hall–Kier alpha value is -5.77. The molecule has 4 aliphatic heterocycles. The van der Waals surface area contributed by atoms with Gasteiger partial charge in [0.1, 0.15) is 24.7 Å². The van der Waals surface area contributed by atoms with Gasteiger partial charge in [0.05, 0.1) is 42.4 Å². The number of anilines is 1. The molecule has 4 aliphatic rings. The third-order valence-corrected chi connectivity index (χ3v) is 15.0. The highest BCUT2D eigenvalue weighted by Gasteiger charge is 2.43. The molecule has 6 bridgehead atoms. The predicted molar refractivity (Wildman–Crippen MR) is 272 cm³/mol. The van der Waals surface area contributed by atoms with Crippen molar-refractivity contribution in [3.05, 3.63) is 60.4 Å². The van der Waals surface area contributed by atoms with Gasteiger partial charge < -0.3 is 48.4 Å². The summed E-state index contributed by atoms with van der Waals surface area (Å²) in [5.74, 6) is -2.29. The van der Waals surface area contributed by atoms with Crippen LogP contribution in [0.15, 0.2) is 49.2 Å². The Kier molecular flexibility index (Phi) is 17.4. The van der Waals surface area contributed by atoms with Crippen molar-refractivity contribution in [3.8, 4) is 11.3 Å². The van der Waals surface area contributed by atoms with Crippen LogP contribution in [0.4, 0.5) is 23.7 Å². The lowest BCUT2D eigenvalue weighted by molar-refractivity contribution is -0.156. The lowest BCUT2D eigenvalue weighted by Gasteiger charge is -2.44. The fourth-order valence-corrected chi connectivity index (χ4v) is 11.0. The van der Waals surface area contributed by atoms with E-state index in [0.717, 1.165) is 5.69 Å². The molecule has 0 spiro atoms. The van der Waals surface area contributed by atoms with Crippen molar-refractivity contribution in [2.45, 2.75) is 122 Å². The van der Waals surface area contributed by atoms with Gasteiger partial charge in [0, 0.05) is 108 Å². The summed E-state index contributed by atoms with van der Waals surface area (Å²) in [5, 5.41) is 4.95. The first-order chi connectivity index (χ1) is 35.0. The number of hydrazine groups is 1. The molecule has 7 rings (SSSR count). The molecular formula is C53H74F3N9O9. The normalized spacial score (nSPS) is 22.4. The van der Waals surface area contributed by atoms with Crippen molar-refractivity contribution in [1.82, 2.24) is 40.0 Å². The zero-order valence-electron chi connectivity index (χ0n) is 44.3. The van der Waals surface area contributed by atoms with Crippen LogP contribution in [0.25, 0.3) is 22.2 Å². The number of carbonyl (C=O) groups excluding carboxylic acids is 5. The Labute approximate surface area is 431 Å². The van der Waals surface area contributed by atoms with Gasteiger partial charge in [0.25, 0.3) is 5.91 Å². The van der Waals surface area contributed by atoms with E-state index in [2.05, 4.69) is 27.2 Å². The van der Waals surface area contributed by atoms with Crippen LogP contribution in [-0.2, 0) is 51.1 Å². The van der Waals surface area contributed by atoms with Crippen molar-refractivity contribution < 1.29 is 56.1 Å². The van der Waals surface area contributed by atoms with E-state index in [4.69, 9.17) is 18.9 Å². The van der Waals surface area contributed by atoms with Crippen LogP contribution in [0.3, 0.4) is 0 Å². The van der Waals surface area contributed by atoms with Crippen molar-refractivity contribution in [2.24, 2.45) is 11.3 Å². The fraction of sp³-hybridized carbons (Fsp3) is 0.623. The predicted octanol–water partition coefficient (Wildman–Crippen LogP) is 5.88. The number of urea groups is 1. The number of hydrogen-bond donors (Lipinski definition) is 2. The highest BCUT2D eigenvalue weighted by molar-refractivity contribution is 5.95. The van der Waals surface area contributed by atoms with Gasteiger partial charge in [-0.2, -0.15) is 13.2 Å². The highest BCUT2D eigenvalue weighted by Crippen LogP contribution is 2.43. The molecule has 21 heteroatoms. The van der Waals surface area contributed by atoms with Gasteiger partial charge in [0.15, 0.2) is 0 Å². The standard InChI is InChI=1S/C53H74F3N9O9/c1-11-43(66)60(7)30-52(72-10)18-22-62(23-19-52)50(70)61(8)45(33(2)3)47(67)58-41-27-36-29-63(24-25-73-36)35-16-17-42-38(26-35)39(28-51(5,6)32-74-49(69)40-15-13-21-65(59-40)48(41)68)46(64(42)31-53(54,55)56)37-14-12-20-57-44(37)34(4)71-9/h11-12,14,16-17,20,26,33-34,36,40-41,45,59H,1,13,15,18-19,21-25,27-32H2,2-10H3,(H,58,67)/t34-,36-,40-,41-,45-/m0/s1. The molecule has 2 aromatic heterocycles. The number of nitrogens with one attached hydrogen (secondary N) is 2. The topological polar surface area (TPSA) is 180 Å². The molecule has 74 heavy (non-hydrogen) atoms. The Morgan fingerprint density at radius 3 is 2.46 bits per heavy atom. The molecule has 2 N–H and O–H groups in total. The molecular weight excluding hydrogens is 964 g/mol. The van der Waals surface area contributed by atoms with Crippen molar-refractivity contribution in [1.29, 1.82) is 0 Å². The van der Waals surface area contributed by atoms with Gasteiger partial charge >= 0.3 is 18.2 Å². The largest absolute Gasteiger partial charge is 0.464 e. The van der Waals surface area contributed by atoms with Gasteiger partial charge in [-0.3, -0.25) is 29.2 Å². The first kappa shape index (κ1) is 56.0. The second-order valence-corrected chi connectivity index (χ2v) is 21.4. The number of likely N-dealkylation sites (tertiary alicyclic amines) is 1. The number of morpholine rings is 1. The molecule has 3 fully saturated rings. The number of halogens is 3. The summed E-state index contributed by atoms with van der Waals surface area (Å²) in [6.45, 7) is 13.5. The fourth-order valence-electron chi connectivity index (χ4n) is 11.0. The number of amides is 5. The Bertz CT molecular complexity index is 2540. The van der Waals surface area contributed by atoms with Crippen molar-refractivity contribution in [2.75, 3.05) is 85.7 Å². The number of benzene rings is 1. The van der Waals surface area contributed by atoms with Crippen molar-refractivity contribution in [3.63, 3.8) is 0 Å². The van der Waals surface area contributed by atoms with Gasteiger partial charge in [-0.1, -0.05) is 34.3 Å². The maximum absolute atomic E-state index is 14.8. The third kappa shape index (κ3) is 12.5. The molecule has 1 aromatic carbocycles. The van der Waals surface area contributed by atoms with E-state index in [1.807, 2.05) is 33.8 Å². The molecule has 3 saturated heterocycles. The Morgan fingerprint density at radius 1 is 1.07 bits per heavy atom. The van der Waals surface area contributed by atoms with E-state index in [1.165, 1.54) is 32.6 Å². The summed E-state index contributed by atoms with van der Waals surface area (Å²) in [7, 11) is 6.35. The molecule has 6 heterocycles. The zero-order chi connectivity index (χ0) is 53.9. The number of methoxy groups -OCH3 is 2. The summed E-state index contributed by atoms with van der Waals surface area (Å²) >= 11 is 0. The average molecular weight is 1040 g/mol. The summed E-state index contributed by atoms with van der Waals surface area (Å²) in [4.78, 5) is 81.3. The number of cyclic esters (lactones) is 1. The van der Waals surface area contributed by atoms with E-state index in [-0.39, 0.29) is 51.1 Å². The van der Waals surface area contributed by atoms with Crippen LogP contribution >= 0.6 is 0 Å². The number of hydrogen-bond acceptors (Lipinski definition) is 12. The molecule has 5 atom stereocenters. The lowest BCUT2D eigenvalue weighted by Crippen LogP contribution is -2.63. The summed E-state index contributed by atoms with van der Waals surface area (Å²) < 4.78 is 69.5. The number of carbonyl (C=O) groups is 5. The van der Waals surface area contributed by atoms with Gasteiger partial charge in [-0.25, -0.2) is 10.2 Å². The van der Waals surface area contributed by atoms with E-state index in [1.54, 1.807) is 63.5 Å². The number of nitrogens with zero attached hydrogens (tertiary/aromatic N) is 7. The first-order valence-corrected chi connectivity index (χ1v) is 25.5. The summed E-state index contributed by atoms with van der Waals surface area (Å²) in [6.07, 6.45) is -1.02. The second kappa shape index (κ2) is 23.0. The minimum Gasteiger partial charge on any atom is -0.464 e. The number of ether oxygens (including phenoxy) is 4. The molecule has 0 unspecified atom stereocenters. The molecule has 5 amide bonds. The van der Waals surface area contributed by atoms with Gasteiger partial charge in [-0.15, -0.1) is 0 Å². The van der Waals surface area contributed by atoms with E-state index < -0.39 is 77.8 Å². The monoisotopic (exact) mass is 1040 g/mol. The molecule has 3 aromatic rings. The summed E-state index contributed by atoms with van der Waals surface area (Å²) in [5.41, 5.74) is 4.60. The SMILES string of the molecule is C=CC(=O)N(C)CC1(OC)CCN(C(=O)N(C)[C@H](C(=O)N[C@H]2C[C@H]3CN(CCO3)c3ccc4c(c3)c(c(-c3cccnc3[C@H](C)OC)n4CC(F)(F)F)CC(C)(C)COC(=O)[C@@H]3CCCN(N3)C2=O)C(C)C)CC1. The molecule has 0 aliphatic carbocycles. The van der Waals surface area contributed by atoms with E-state index >= 15 is 0 Å². The average Bonchev–Trinajstić information content (AvgIpc) is 3.65. The third-order valence-electron chi connectivity index (χ3n) is 15.0. The molecule has 18 nitrogen and oxygen atoms in total. The Morgan fingerprint density at radius 2 is 1.80 bits per heavy atom. The van der Waals surface area contributed by atoms with Crippen LogP contribution < -0.4 is 15.6 Å². The number of aromatic nitrogens is 2. The van der Waals surface area contributed by atoms with Crippen LogP contribution in [-0.4, -0.2) is 176 Å². The molecule has 0 saturated carbocycles. The highest BCUT2D eigenvalue weighted by atomic mass is 19.4. The van der Waals surface area contributed by atoms with Crippen molar-refractivity contribution >= 4 is 46.3 Å². The van der Waals surface area contributed by atoms with Crippen LogP contribution in [0.5, 0.6) is 0 Å². The number of piperidine rings is 1. The first-order valence-electron chi connectivity index (χ1n) is 25.5. The van der Waals surface area contributed by atoms with E-state index in [9.17, 15) is 37.1 Å². The molecule has 406 valence electrons. The van der Waals surface area contributed by atoms with Crippen LogP contribution in [0, 0.1) is 11.3 Å². The maximum Gasteiger partial charge on any atom is 0.406 e. The second-order valence-electron chi connectivity index (χ2n) is 21.4. The van der Waals surface area contributed by atoms with E-state index in [0.29, 0.717) is 85.3 Å². The number of rotatable bonds is 12. The minimum atomic E-state index is -4.59. The van der Waals surface area contributed by atoms with Crippen LogP contribution in [0.1, 0.15) is 84.1 Å². The zero-order valence-corrected chi connectivity index (χ0v) is 44.3. The number of pyridine rings is 1. The smallest absolute Gasteiger partial charge is 0.406 e.